The molecule has 1 saturated carbocycles. The van der Waals surface area contributed by atoms with Crippen LogP contribution in [0.4, 0.5) is 0 Å². The van der Waals surface area contributed by atoms with Gasteiger partial charge in [-0.2, -0.15) is 0 Å². The van der Waals surface area contributed by atoms with E-state index < -0.39 is 0 Å². The number of oxime groups is 1. The lowest BCUT2D eigenvalue weighted by Gasteiger charge is -2.24. The Morgan fingerprint density at radius 1 is 1.24 bits per heavy atom. The maximum absolute atomic E-state index is 5.85. The van der Waals surface area contributed by atoms with Crippen molar-refractivity contribution in [2.45, 2.75) is 44.6 Å². The highest BCUT2D eigenvalue weighted by molar-refractivity contribution is 5.89. The summed E-state index contributed by atoms with van der Waals surface area (Å²) in [4.78, 5) is 5.16. The van der Waals surface area contributed by atoms with Crippen LogP contribution in [0.1, 0.15) is 44.1 Å². The van der Waals surface area contributed by atoms with E-state index in [1.165, 1.54) is 18.4 Å². The summed E-state index contributed by atoms with van der Waals surface area (Å²) in [5.74, 6) is 1.68. The molecule has 4 heteroatoms. The Morgan fingerprint density at radius 3 is 2.76 bits per heavy atom. The van der Waals surface area contributed by atoms with Crippen LogP contribution in [0, 0.1) is 0 Å². The smallest absolute Gasteiger partial charge is 0.133 e. The molecule has 2 aliphatic rings. The van der Waals surface area contributed by atoms with Crippen molar-refractivity contribution in [2.75, 3.05) is 19.8 Å². The summed E-state index contributed by atoms with van der Waals surface area (Å²) in [5.41, 5.74) is 2.38. The van der Waals surface area contributed by atoms with Crippen molar-refractivity contribution in [3.8, 4) is 5.75 Å². The van der Waals surface area contributed by atoms with Crippen LogP contribution >= 0.6 is 0 Å². The quantitative estimate of drug-likeness (QED) is 0.752. The first kappa shape index (κ1) is 14.4. The summed E-state index contributed by atoms with van der Waals surface area (Å²) in [6.45, 7) is 3.77. The Morgan fingerprint density at radius 2 is 2.05 bits per heavy atom. The molecule has 1 atom stereocenters. The zero-order valence-electron chi connectivity index (χ0n) is 12.6. The summed E-state index contributed by atoms with van der Waals surface area (Å²) in [7, 11) is 0. The van der Waals surface area contributed by atoms with Gasteiger partial charge in [-0.05, 0) is 56.2 Å². The lowest BCUT2D eigenvalue weighted by Crippen LogP contribution is -2.35. The molecule has 1 heterocycles. The number of nitrogens with zero attached hydrogens (tertiary/aromatic N) is 1. The highest BCUT2D eigenvalue weighted by atomic mass is 16.6. The lowest BCUT2D eigenvalue weighted by atomic mass is 10.1. The summed E-state index contributed by atoms with van der Waals surface area (Å²) >= 11 is 0. The molecule has 0 spiro atoms. The van der Waals surface area contributed by atoms with Gasteiger partial charge in [-0.1, -0.05) is 17.3 Å². The van der Waals surface area contributed by atoms with E-state index in [9.17, 15) is 0 Å². The molecule has 21 heavy (non-hydrogen) atoms. The van der Waals surface area contributed by atoms with E-state index in [4.69, 9.17) is 14.3 Å². The van der Waals surface area contributed by atoms with Gasteiger partial charge in [0.1, 0.15) is 25.1 Å². The highest BCUT2D eigenvalue weighted by Crippen LogP contribution is 2.40. The minimum absolute atomic E-state index is 0.0894. The number of hydrogen-bond donors (Lipinski definition) is 0. The normalized spacial score (nSPS) is 24.0. The fraction of sp³-hybridized carbons (Fsp3) is 0.588. The molecule has 3 rings (SSSR count). The zero-order valence-corrected chi connectivity index (χ0v) is 12.6. The third-order valence-corrected chi connectivity index (χ3v) is 3.91. The van der Waals surface area contributed by atoms with E-state index in [1.54, 1.807) is 0 Å². The highest BCUT2D eigenvalue weighted by Gasteiger charge is 2.24. The van der Waals surface area contributed by atoms with Crippen LogP contribution in [-0.2, 0) is 9.57 Å². The molecule has 0 amide bonds. The molecule has 1 unspecified atom stereocenters. The van der Waals surface area contributed by atoms with Crippen molar-refractivity contribution in [1.82, 2.24) is 0 Å². The SMILES string of the molecule is CCON=C1CCCOC1COc1ccc(C2CC2)cc1. The molecule has 114 valence electrons. The second-order valence-corrected chi connectivity index (χ2v) is 5.62. The maximum atomic E-state index is 5.85. The van der Waals surface area contributed by atoms with E-state index in [0.29, 0.717) is 13.2 Å². The first-order valence-corrected chi connectivity index (χ1v) is 7.90. The van der Waals surface area contributed by atoms with Crippen molar-refractivity contribution in [3.63, 3.8) is 0 Å². The van der Waals surface area contributed by atoms with Crippen LogP contribution in [0.25, 0.3) is 0 Å². The number of rotatable bonds is 6. The molecule has 1 aliphatic heterocycles. The maximum Gasteiger partial charge on any atom is 0.133 e. The predicted molar refractivity (Wildman–Crippen MR) is 81.9 cm³/mol. The van der Waals surface area contributed by atoms with Gasteiger partial charge in [0.15, 0.2) is 0 Å². The van der Waals surface area contributed by atoms with Gasteiger partial charge in [0.25, 0.3) is 0 Å². The fourth-order valence-electron chi connectivity index (χ4n) is 2.56. The van der Waals surface area contributed by atoms with Crippen molar-refractivity contribution >= 4 is 5.71 Å². The van der Waals surface area contributed by atoms with Crippen LogP contribution in [0.5, 0.6) is 5.75 Å². The van der Waals surface area contributed by atoms with E-state index in [2.05, 4.69) is 29.4 Å². The van der Waals surface area contributed by atoms with Crippen molar-refractivity contribution < 1.29 is 14.3 Å². The Balaban J connectivity index is 1.54. The molecule has 0 radical (unpaired) electrons. The Hall–Kier alpha value is -1.55. The van der Waals surface area contributed by atoms with Crippen LogP contribution in [0.2, 0.25) is 0 Å². The minimum Gasteiger partial charge on any atom is -0.490 e. The Bertz CT molecular complexity index is 479. The minimum atomic E-state index is -0.0894. The predicted octanol–water partition coefficient (Wildman–Crippen LogP) is 3.51. The van der Waals surface area contributed by atoms with Crippen LogP contribution in [-0.4, -0.2) is 31.6 Å². The number of ether oxygens (including phenoxy) is 2. The van der Waals surface area contributed by atoms with Crippen molar-refractivity contribution in [3.05, 3.63) is 29.8 Å². The molecule has 1 aromatic carbocycles. The number of hydrogen-bond acceptors (Lipinski definition) is 4. The third-order valence-electron chi connectivity index (χ3n) is 3.91. The molecule has 0 aromatic heterocycles. The summed E-state index contributed by atoms with van der Waals surface area (Å²) in [6, 6.07) is 8.44. The standard InChI is InChI=1S/C17H23NO3/c1-2-21-18-16-4-3-11-19-17(16)12-20-15-9-7-14(8-10-15)13-5-6-13/h7-10,13,17H,2-6,11-12H2,1H3. The largest absolute Gasteiger partial charge is 0.490 e. The fourth-order valence-corrected chi connectivity index (χ4v) is 2.56. The van der Waals surface area contributed by atoms with Gasteiger partial charge < -0.3 is 14.3 Å². The third kappa shape index (κ3) is 3.97. The topological polar surface area (TPSA) is 40.0 Å². The second-order valence-electron chi connectivity index (χ2n) is 5.62. The molecule has 0 N–H and O–H groups in total. The van der Waals surface area contributed by atoms with Gasteiger partial charge >= 0.3 is 0 Å². The molecule has 2 fully saturated rings. The molecular weight excluding hydrogens is 266 g/mol. The first-order chi connectivity index (χ1) is 10.4. The second kappa shape index (κ2) is 6.94. The van der Waals surface area contributed by atoms with E-state index in [0.717, 1.165) is 36.8 Å². The van der Waals surface area contributed by atoms with Crippen LogP contribution in [0.3, 0.4) is 0 Å². The van der Waals surface area contributed by atoms with Crippen LogP contribution in [0.15, 0.2) is 29.4 Å². The van der Waals surface area contributed by atoms with Crippen LogP contribution < -0.4 is 4.74 Å². The van der Waals surface area contributed by atoms with E-state index in [-0.39, 0.29) is 6.10 Å². The Kier molecular flexibility index (Phi) is 4.76. The number of benzene rings is 1. The average molecular weight is 289 g/mol. The zero-order chi connectivity index (χ0) is 14.5. The lowest BCUT2D eigenvalue weighted by molar-refractivity contribution is 0.0426. The molecular formula is C17H23NO3. The average Bonchev–Trinajstić information content (AvgIpc) is 3.37. The van der Waals surface area contributed by atoms with Crippen molar-refractivity contribution in [2.24, 2.45) is 5.16 Å². The summed E-state index contributed by atoms with van der Waals surface area (Å²) in [5, 5.41) is 4.15. The van der Waals surface area contributed by atoms with Gasteiger partial charge in [-0.25, -0.2) is 0 Å². The summed E-state index contributed by atoms with van der Waals surface area (Å²) in [6.07, 6.45) is 4.49. The molecule has 1 aromatic rings. The molecule has 0 bridgehead atoms. The van der Waals surface area contributed by atoms with Gasteiger partial charge in [0.05, 0.1) is 5.71 Å². The molecule has 4 nitrogen and oxygen atoms in total. The van der Waals surface area contributed by atoms with Gasteiger partial charge in [0.2, 0.25) is 0 Å². The molecule has 1 aliphatic carbocycles. The Labute approximate surface area is 126 Å². The van der Waals surface area contributed by atoms with Crippen molar-refractivity contribution in [1.29, 1.82) is 0 Å². The monoisotopic (exact) mass is 289 g/mol. The van der Waals surface area contributed by atoms with E-state index in [1.807, 2.05) is 6.92 Å². The summed E-state index contributed by atoms with van der Waals surface area (Å²) < 4.78 is 11.6. The van der Waals surface area contributed by atoms with Gasteiger partial charge in [0, 0.05) is 6.61 Å². The first-order valence-electron chi connectivity index (χ1n) is 7.90. The van der Waals surface area contributed by atoms with E-state index >= 15 is 0 Å². The molecule has 1 saturated heterocycles. The van der Waals surface area contributed by atoms with Gasteiger partial charge in [-0.3, -0.25) is 0 Å². The van der Waals surface area contributed by atoms with Gasteiger partial charge in [-0.15, -0.1) is 0 Å².